The number of carbonyl (C=O) groups is 1. The average Bonchev–Trinajstić information content (AvgIpc) is 3.18. The lowest BCUT2D eigenvalue weighted by atomic mass is 10.1. The molecule has 1 amide bonds. The van der Waals surface area contributed by atoms with Crippen molar-refractivity contribution >= 4 is 23.0 Å². The van der Waals surface area contributed by atoms with Crippen LogP contribution >= 0.6 is 0 Å². The SMILES string of the molecule is COc1ccc(-c2ccc(C(=O)Nc3ccc(N(C)C)cc3)o2)c([N+](=O)[O-])c1. The summed E-state index contributed by atoms with van der Waals surface area (Å²) in [4.78, 5) is 25.2. The summed E-state index contributed by atoms with van der Waals surface area (Å²) in [5, 5.41) is 14.1. The quantitative estimate of drug-likeness (QED) is 0.508. The van der Waals surface area contributed by atoms with Crippen LogP contribution in [0.3, 0.4) is 0 Å². The first kappa shape index (κ1) is 19.0. The Kier molecular flexibility index (Phi) is 5.30. The molecule has 0 fully saturated rings. The predicted molar refractivity (Wildman–Crippen MR) is 106 cm³/mol. The minimum atomic E-state index is -0.521. The third-order valence-electron chi connectivity index (χ3n) is 4.14. The summed E-state index contributed by atoms with van der Waals surface area (Å²) in [6.45, 7) is 0. The van der Waals surface area contributed by atoms with E-state index >= 15 is 0 Å². The number of nitrogens with one attached hydrogen (secondary N) is 1. The van der Waals surface area contributed by atoms with Gasteiger partial charge in [0.25, 0.3) is 11.6 Å². The second-order valence-corrected chi connectivity index (χ2v) is 6.20. The molecule has 0 aliphatic rings. The van der Waals surface area contributed by atoms with Crippen LogP contribution in [0, 0.1) is 10.1 Å². The van der Waals surface area contributed by atoms with Gasteiger partial charge in [0.15, 0.2) is 5.76 Å². The second kappa shape index (κ2) is 7.83. The number of rotatable bonds is 6. The highest BCUT2D eigenvalue weighted by Crippen LogP contribution is 2.34. The monoisotopic (exact) mass is 381 g/mol. The highest BCUT2D eigenvalue weighted by atomic mass is 16.6. The van der Waals surface area contributed by atoms with Crippen LogP contribution in [-0.2, 0) is 0 Å². The number of ether oxygens (including phenoxy) is 1. The van der Waals surface area contributed by atoms with Gasteiger partial charge >= 0.3 is 0 Å². The first-order valence-electron chi connectivity index (χ1n) is 8.40. The van der Waals surface area contributed by atoms with Crippen molar-refractivity contribution in [3.63, 3.8) is 0 Å². The molecule has 1 aromatic heterocycles. The number of nitro groups is 1. The molecule has 3 rings (SSSR count). The molecule has 0 aliphatic carbocycles. The molecule has 0 aliphatic heterocycles. The van der Waals surface area contributed by atoms with E-state index in [2.05, 4.69) is 5.32 Å². The van der Waals surface area contributed by atoms with Crippen LogP contribution in [0.15, 0.2) is 59.0 Å². The van der Waals surface area contributed by atoms with Crippen LogP contribution in [0.1, 0.15) is 10.6 Å². The topological polar surface area (TPSA) is 97.8 Å². The fraction of sp³-hybridized carbons (Fsp3) is 0.150. The highest BCUT2D eigenvalue weighted by molar-refractivity contribution is 6.02. The van der Waals surface area contributed by atoms with E-state index in [-0.39, 0.29) is 22.8 Å². The Hall–Kier alpha value is -3.81. The van der Waals surface area contributed by atoms with Gasteiger partial charge in [-0.2, -0.15) is 0 Å². The normalized spacial score (nSPS) is 10.4. The second-order valence-electron chi connectivity index (χ2n) is 6.20. The van der Waals surface area contributed by atoms with E-state index in [1.807, 2.05) is 31.1 Å². The summed E-state index contributed by atoms with van der Waals surface area (Å²) in [6.07, 6.45) is 0. The number of nitrogens with zero attached hydrogens (tertiary/aromatic N) is 2. The van der Waals surface area contributed by atoms with Crippen LogP contribution < -0.4 is 15.0 Å². The van der Waals surface area contributed by atoms with Gasteiger partial charge in [0.05, 0.1) is 23.7 Å². The van der Waals surface area contributed by atoms with Crippen molar-refractivity contribution in [2.75, 3.05) is 31.4 Å². The first-order chi connectivity index (χ1) is 13.4. The van der Waals surface area contributed by atoms with Gasteiger partial charge in [0.2, 0.25) is 0 Å². The van der Waals surface area contributed by atoms with E-state index < -0.39 is 10.8 Å². The predicted octanol–water partition coefficient (Wildman–Crippen LogP) is 4.18. The van der Waals surface area contributed by atoms with Crippen molar-refractivity contribution in [3.05, 3.63) is 70.5 Å². The van der Waals surface area contributed by atoms with E-state index in [9.17, 15) is 14.9 Å². The Morgan fingerprint density at radius 1 is 1.11 bits per heavy atom. The van der Waals surface area contributed by atoms with Gasteiger partial charge in [-0.15, -0.1) is 0 Å². The summed E-state index contributed by atoms with van der Waals surface area (Å²) < 4.78 is 10.6. The molecule has 28 heavy (non-hydrogen) atoms. The van der Waals surface area contributed by atoms with Crippen molar-refractivity contribution in [2.45, 2.75) is 0 Å². The molecular weight excluding hydrogens is 362 g/mol. The molecule has 0 unspecified atom stereocenters. The minimum absolute atomic E-state index is 0.0526. The molecule has 3 aromatic rings. The molecular formula is C20H19N3O5. The maximum Gasteiger partial charge on any atom is 0.291 e. The number of nitro benzene ring substituents is 1. The lowest BCUT2D eigenvalue weighted by Gasteiger charge is -2.12. The van der Waals surface area contributed by atoms with Gasteiger partial charge in [0.1, 0.15) is 11.5 Å². The van der Waals surface area contributed by atoms with E-state index in [1.54, 1.807) is 18.2 Å². The zero-order chi connectivity index (χ0) is 20.3. The van der Waals surface area contributed by atoms with Crippen molar-refractivity contribution in [3.8, 4) is 17.1 Å². The largest absolute Gasteiger partial charge is 0.497 e. The minimum Gasteiger partial charge on any atom is -0.497 e. The number of anilines is 2. The molecule has 0 spiro atoms. The Morgan fingerprint density at radius 3 is 2.43 bits per heavy atom. The zero-order valence-corrected chi connectivity index (χ0v) is 15.6. The van der Waals surface area contributed by atoms with Crippen molar-refractivity contribution < 1.29 is 18.9 Å². The number of hydrogen-bond acceptors (Lipinski definition) is 6. The van der Waals surface area contributed by atoms with E-state index in [1.165, 1.54) is 31.4 Å². The zero-order valence-electron chi connectivity index (χ0n) is 15.6. The summed E-state index contributed by atoms with van der Waals surface area (Å²) in [5.74, 6) is 0.195. The molecule has 1 N–H and O–H groups in total. The number of furan rings is 1. The van der Waals surface area contributed by atoms with Crippen LogP contribution in [-0.4, -0.2) is 32.0 Å². The van der Waals surface area contributed by atoms with E-state index in [0.29, 0.717) is 11.4 Å². The Bertz CT molecular complexity index is 1010. The number of benzene rings is 2. The van der Waals surface area contributed by atoms with E-state index in [4.69, 9.17) is 9.15 Å². The summed E-state index contributed by atoms with van der Waals surface area (Å²) in [7, 11) is 5.28. The molecule has 144 valence electrons. The maximum atomic E-state index is 12.4. The van der Waals surface area contributed by atoms with Gasteiger partial charge in [-0.1, -0.05) is 0 Å². The van der Waals surface area contributed by atoms with Gasteiger partial charge < -0.3 is 19.4 Å². The fourth-order valence-corrected chi connectivity index (χ4v) is 2.64. The van der Waals surface area contributed by atoms with Crippen LogP contribution in [0.2, 0.25) is 0 Å². The van der Waals surface area contributed by atoms with Crippen molar-refractivity contribution in [1.29, 1.82) is 0 Å². The number of methoxy groups -OCH3 is 1. The standard InChI is InChI=1S/C20H19N3O5/c1-22(2)14-6-4-13(5-7-14)21-20(24)19-11-10-18(28-19)16-9-8-15(27-3)12-17(16)23(25)26/h4-12H,1-3H3,(H,21,24). The maximum absolute atomic E-state index is 12.4. The number of hydrogen-bond donors (Lipinski definition) is 1. The van der Waals surface area contributed by atoms with Gasteiger partial charge in [-0.3, -0.25) is 14.9 Å². The summed E-state index contributed by atoms with van der Waals surface area (Å²) >= 11 is 0. The Labute approximate surface area is 161 Å². The van der Waals surface area contributed by atoms with Gasteiger partial charge in [-0.25, -0.2) is 0 Å². The third kappa shape index (κ3) is 3.96. The average molecular weight is 381 g/mol. The van der Waals surface area contributed by atoms with E-state index in [0.717, 1.165) is 5.69 Å². The molecule has 0 saturated carbocycles. The third-order valence-corrected chi connectivity index (χ3v) is 4.14. The van der Waals surface area contributed by atoms with Gasteiger partial charge in [-0.05, 0) is 48.5 Å². The molecule has 0 saturated heterocycles. The number of amides is 1. The molecule has 8 heteroatoms. The Balaban J connectivity index is 1.82. The lowest BCUT2D eigenvalue weighted by Crippen LogP contribution is -2.12. The Morgan fingerprint density at radius 2 is 1.82 bits per heavy atom. The van der Waals surface area contributed by atoms with Gasteiger partial charge in [0, 0.05) is 25.5 Å². The smallest absolute Gasteiger partial charge is 0.291 e. The molecule has 2 aromatic carbocycles. The lowest BCUT2D eigenvalue weighted by molar-refractivity contribution is -0.384. The molecule has 8 nitrogen and oxygen atoms in total. The van der Waals surface area contributed by atoms with Crippen LogP contribution in [0.5, 0.6) is 5.75 Å². The van der Waals surface area contributed by atoms with Crippen molar-refractivity contribution in [1.82, 2.24) is 0 Å². The number of carbonyl (C=O) groups excluding carboxylic acids is 1. The molecule has 1 heterocycles. The molecule has 0 atom stereocenters. The van der Waals surface area contributed by atoms with Crippen molar-refractivity contribution in [2.24, 2.45) is 0 Å². The molecule has 0 radical (unpaired) electrons. The molecule has 0 bridgehead atoms. The van der Waals surface area contributed by atoms with Crippen LogP contribution in [0.4, 0.5) is 17.1 Å². The fourth-order valence-electron chi connectivity index (χ4n) is 2.64. The summed E-state index contributed by atoms with van der Waals surface area (Å²) in [6, 6.07) is 14.8. The first-order valence-corrected chi connectivity index (χ1v) is 8.40. The van der Waals surface area contributed by atoms with Crippen LogP contribution in [0.25, 0.3) is 11.3 Å². The summed E-state index contributed by atoms with van der Waals surface area (Å²) in [5.41, 5.74) is 1.72. The highest BCUT2D eigenvalue weighted by Gasteiger charge is 2.21.